The number of anilines is 2. The lowest BCUT2D eigenvalue weighted by molar-refractivity contribution is -0.145. The molecule has 1 aliphatic heterocycles. The van der Waals surface area contributed by atoms with E-state index in [4.69, 9.17) is 0 Å². The summed E-state index contributed by atoms with van der Waals surface area (Å²) in [5, 5.41) is 2.89. The summed E-state index contributed by atoms with van der Waals surface area (Å²) >= 11 is 0. The Kier molecular flexibility index (Phi) is 6.45. The van der Waals surface area contributed by atoms with Crippen LogP contribution in [0.2, 0.25) is 0 Å². The van der Waals surface area contributed by atoms with Gasteiger partial charge >= 0.3 is 0 Å². The number of nitrogens with one attached hydrogen (secondary N) is 1. The summed E-state index contributed by atoms with van der Waals surface area (Å²) < 4.78 is 0. The van der Waals surface area contributed by atoms with Crippen molar-refractivity contribution in [2.45, 2.75) is 46.5 Å². The topological polar surface area (TPSA) is 52.7 Å². The molecule has 0 unspecified atom stereocenters. The Hall–Kier alpha value is -2.04. The van der Waals surface area contributed by atoms with Gasteiger partial charge in [0.05, 0.1) is 0 Å². The fraction of sp³-hybridized carbons (Fsp3) is 0.600. The van der Waals surface area contributed by atoms with Crippen LogP contribution in [0.15, 0.2) is 24.3 Å². The number of carbonyl (C=O) groups is 2. The zero-order chi connectivity index (χ0) is 18.4. The van der Waals surface area contributed by atoms with E-state index in [1.54, 1.807) is 25.8 Å². The first-order valence-corrected chi connectivity index (χ1v) is 9.28. The van der Waals surface area contributed by atoms with Crippen LogP contribution in [0.1, 0.15) is 46.5 Å². The lowest BCUT2D eigenvalue weighted by atomic mass is 9.90. The molecule has 138 valence electrons. The second-order valence-corrected chi connectivity index (χ2v) is 7.40. The van der Waals surface area contributed by atoms with Crippen molar-refractivity contribution in [1.29, 1.82) is 0 Å². The Balaban J connectivity index is 1.98. The first-order chi connectivity index (χ1) is 11.9. The number of amides is 2. The Morgan fingerprint density at radius 2 is 1.76 bits per heavy atom. The van der Waals surface area contributed by atoms with Crippen LogP contribution >= 0.6 is 0 Å². The highest BCUT2D eigenvalue weighted by molar-refractivity contribution is 6.09. The van der Waals surface area contributed by atoms with E-state index in [1.165, 1.54) is 18.5 Å². The number of rotatable bonds is 7. The summed E-state index contributed by atoms with van der Waals surface area (Å²) in [6.45, 7) is 8.32. The van der Waals surface area contributed by atoms with Crippen molar-refractivity contribution in [2.75, 3.05) is 36.9 Å². The van der Waals surface area contributed by atoms with Crippen molar-refractivity contribution in [3.8, 4) is 0 Å². The fourth-order valence-corrected chi connectivity index (χ4v) is 3.09. The van der Waals surface area contributed by atoms with E-state index >= 15 is 0 Å². The van der Waals surface area contributed by atoms with Gasteiger partial charge < -0.3 is 15.1 Å². The molecule has 1 aliphatic rings. The largest absolute Gasteiger partial charge is 0.372 e. The normalized spacial score (nSPS) is 14.5. The third-order valence-corrected chi connectivity index (χ3v) is 4.89. The van der Waals surface area contributed by atoms with Gasteiger partial charge in [-0.3, -0.25) is 9.59 Å². The average molecular weight is 345 g/mol. The van der Waals surface area contributed by atoms with E-state index in [0.29, 0.717) is 6.54 Å². The summed E-state index contributed by atoms with van der Waals surface area (Å²) in [5.74, 6) is -0.415. The Morgan fingerprint density at radius 1 is 1.16 bits per heavy atom. The van der Waals surface area contributed by atoms with E-state index in [2.05, 4.69) is 17.1 Å². The molecule has 1 aromatic rings. The maximum atomic E-state index is 12.6. The maximum Gasteiger partial charge on any atom is 0.239 e. The van der Waals surface area contributed by atoms with Gasteiger partial charge in [0, 0.05) is 38.1 Å². The SMILES string of the molecule is CCCCN(C)C(=O)C(C)(C)C(=O)Nc1ccc(N2CCCC2)cc1. The molecule has 1 heterocycles. The minimum atomic E-state index is -1.09. The molecule has 1 fully saturated rings. The van der Waals surface area contributed by atoms with E-state index in [-0.39, 0.29) is 11.8 Å². The highest BCUT2D eigenvalue weighted by Crippen LogP contribution is 2.25. The number of benzene rings is 1. The second kappa shape index (κ2) is 8.37. The molecule has 0 saturated carbocycles. The van der Waals surface area contributed by atoms with Crippen molar-refractivity contribution in [2.24, 2.45) is 5.41 Å². The molecule has 0 atom stereocenters. The second-order valence-electron chi connectivity index (χ2n) is 7.40. The smallest absolute Gasteiger partial charge is 0.239 e. The first kappa shape index (κ1) is 19.3. The van der Waals surface area contributed by atoms with E-state index in [1.807, 2.05) is 24.3 Å². The molecule has 5 nitrogen and oxygen atoms in total. The molecule has 2 amide bonds. The molecule has 5 heteroatoms. The van der Waals surface area contributed by atoms with E-state index < -0.39 is 5.41 Å². The Labute approximate surface area is 151 Å². The quantitative estimate of drug-likeness (QED) is 0.770. The van der Waals surface area contributed by atoms with Gasteiger partial charge in [-0.25, -0.2) is 0 Å². The minimum absolute atomic E-state index is 0.146. The summed E-state index contributed by atoms with van der Waals surface area (Å²) in [7, 11) is 1.76. The molecule has 2 rings (SSSR count). The Bertz CT molecular complexity index is 589. The third kappa shape index (κ3) is 4.74. The standard InChI is InChI=1S/C20H31N3O2/c1-5-6-13-22(4)19(25)20(2,3)18(24)21-16-9-11-17(12-10-16)23-14-7-8-15-23/h9-12H,5-8,13-15H2,1-4H3,(H,21,24). The fourth-order valence-electron chi connectivity index (χ4n) is 3.09. The number of nitrogens with zero attached hydrogens (tertiary/aromatic N) is 2. The molecular formula is C20H31N3O2. The lowest BCUT2D eigenvalue weighted by Crippen LogP contribution is -2.46. The molecular weight excluding hydrogens is 314 g/mol. The number of carbonyl (C=O) groups excluding carboxylic acids is 2. The van der Waals surface area contributed by atoms with Crippen LogP contribution in [0.3, 0.4) is 0 Å². The highest BCUT2D eigenvalue weighted by atomic mass is 16.2. The van der Waals surface area contributed by atoms with Gasteiger partial charge in [0.1, 0.15) is 5.41 Å². The van der Waals surface area contributed by atoms with Gasteiger partial charge in [-0.1, -0.05) is 13.3 Å². The lowest BCUT2D eigenvalue weighted by Gasteiger charge is -2.28. The zero-order valence-corrected chi connectivity index (χ0v) is 16.0. The molecule has 0 aromatic heterocycles. The number of hydrogen-bond donors (Lipinski definition) is 1. The summed E-state index contributed by atoms with van der Waals surface area (Å²) in [5.41, 5.74) is 0.825. The third-order valence-electron chi connectivity index (χ3n) is 4.89. The van der Waals surface area contributed by atoms with E-state index in [0.717, 1.165) is 31.6 Å². The maximum absolute atomic E-state index is 12.6. The molecule has 1 saturated heterocycles. The van der Waals surface area contributed by atoms with Crippen LogP contribution in [-0.4, -0.2) is 43.4 Å². The van der Waals surface area contributed by atoms with Gasteiger partial charge in [0.15, 0.2) is 0 Å². The van der Waals surface area contributed by atoms with Crippen LogP contribution in [0, 0.1) is 5.41 Å². The van der Waals surface area contributed by atoms with Crippen LogP contribution in [0.5, 0.6) is 0 Å². The Morgan fingerprint density at radius 3 is 2.32 bits per heavy atom. The van der Waals surface area contributed by atoms with Crippen LogP contribution in [0.4, 0.5) is 11.4 Å². The summed E-state index contributed by atoms with van der Waals surface area (Å²) in [6, 6.07) is 7.88. The monoisotopic (exact) mass is 345 g/mol. The van der Waals surface area contributed by atoms with Crippen molar-refractivity contribution in [3.63, 3.8) is 0 Å². The van der Waals surface area contributed by atoms with Crippen molar-refractivity contribution < 1.29 is 9.59 Å². The predicted molar refractivity (Wildman–Crippen MR) is 103 cm³/mol. The van der Waals surface area contributed by atoms with Crippen LogP contribution in [0.25, 0.3) is 0 Å². The van der Waals surface area contributed by atoms with Crippen molar-refractivity contribution in [1.82, 2.24) is 4.90 Å². The average Bonchev–Trinajstić information content (AvgIpc) is 3.14. The molecule has 0 radical (unpaired) electrons. The van der Waals surface area contributed by atoms with E-state index in [9.17, 15) is 9.59 Å². The molecule has 0 bridgehead atoms. The minimum Gasteiger partial charge on any atom is -0.372 e. The molecule has 25 heavy (non-hydrogen) atoms. The zero-order valence-electron chi connectivity index (χ0n) is 16.0. The van der Waals surface area contributed by atoms with Gasteiger partial charge in [-0.05, 0) is 57.4 Å². The van der Waals surface area contributed by atoms with Crippen LogP contribution < -0.4 is 10.2 Å². The molecule has 1 N–H and O–H groups in total. The summed E-state index contributed by atoms with van der Waals surface area (Å²) in [6.07, 6.45) is 4.44. The summed E-state index contributed by atoms with van der Waals surface area (Å²) in [4.78, 5) is 29.2. The van der Waals surface area contributed by atoms with Gasteiger partial charge in [-0.15, -0.1) is 0 Å². The number of unbranched alkanes of at least 4 members (excludes halogenated alkanes) is 1. The predicted octanol–water partition coefficient (Wildman–Crippen LogP) is 3.51. The van der Waals surface area contributed by atoms with Gasteiger partial charge in [0.25, 0.3) is 0 Å². The number of hydrogen-bond acceptors (Lipinski definition) is 3. The first-order valence-electron chi connectivity index (χ1n) is 9.28. The molecule has 1 aromatic carbocycles. The van der Waals surface area contributed by atoms with Gasteiger partial charge in [0.2, 0.25) is 11.8 Å². The molecule has 0 aliphatic carbocycles. The van der Waals surface area contributed by atoms with Crippen molar-refractivity contribution >= 4 is 23.2 Å². The highest BCUT2D eigenvalue weighted by Gasteiger charge is 2.38. The van der Waals surface area contributed by atoms with Crippen molar-refractivity contribution in [3.05, 3.63) is 24.3 Å². The molecule has 0 spiro atoms. The van der Waals surface area contributed by atoms with Gasteiger partial charge in [-0.2, -0.15) is 0 Å². The van der Waals surface area contributed by atoms with Crippen LogP contribution in [-0.2, 0) is 9.59 Å².